The van der Waals surface area contributed by atoms with Crippen molar-refractivity contribution in [3.63, 3.8) is 0 Å². The number of Topliss-reactive ketones (excluding diaryl/α,β-unsaturated/α-hetero) is 1. The number of halogens is 3. The third kappa shape index (κ3) is 8.32. The molecule has 0 radical (unpaired) electrons. The number of nitrogens with one attached hydrogen (secondary N) is 1. The number of aromatic hydroxyl groups is 1. The summed E-state index contributed by atoms with van der Waals surface area (Å²) in [6, 6.07) is 17.4. The molecule has 0 saturated carbocycles. The molecular weight excluding hydrogens is 571 g/mol. The number of phenolic OH excluding ortho intramolecular Hbond substituents is 1. The van der Waals surface area contributed by atoms with Crippen LogP contribution in [0, 0.1) is 0 Å². The number of phenols is 1. The van der Waals surface area contributed by atoms with Crippen molar-refractivity contribution in [1.82, 2.24) is 10.2 Å². The van der Waals surface area contributed by atoms with Gasteiger partial charge in [0.1, 0.15) is 30.2 Å². The molecule has 5 rings (SSSR count). The number of benzene rings is 3. The van der Waals surface area contributed by atoms with E-state index in [1.807, 2.05) is 6.07 Å². The number of ketones is 1. The molecule has 13 heteroatoms. The van der Waals surface area contributed by atoms with Crippen LogP contribution >= 0.6 is 0 Å². The third-order valence-electron chi connectivity index (χ3n) is 6.78. The molecule has 10 nitrogen and oxygen atoms in total. The highest BCUT2D eigenvalue weighted by atomic mass is 19.4. The van der Waals surface area contributed by atoms with E-state index in [4.69, 9.17) is 10.5 Å². The molecule has 3 atom stereocenters. The number of primary amides is 1. The van der Waals surface area contributed by atoms with E-state index in [9.17, 15) is 37.5 Å². The highest BCUT2D eigenvalue weighted by Gasteiger charge is 2.48. The minimum Gasteiger partial charge on any atom is -0.508 e. The van der Waals surface area contributed by atoms with Gasteiger partial charge in [-0.05, 0) is 60.5 Å². The molecule has 2 aliphatic rings. The Kier molecular flexibility index (Phi) is 9.66. The van der Waals surface area contributed by atoms with Crippen LogP contribution < -0.4 is 15.8 Å². The molecule has 4 N–H and O–H groups in total. The van der Waals surface area contributed by atoms with Gasteiger partial charge < -0.3 is 30.5 Å². The minimum atomic E-state index is -4.86. The summed E-state index contributed by atoms with van der Waals surface area (Å²) in [4.78, 5) is 50.3. The number of amides is 3. The van der Waals surface area contributed by atoms with Crippen molar-refractivity contribution in [3.8, 4) is 11.5 Å². The second kappa shape index (κ2) is 13.4. The summed E-state index contributed by atoms with van der Waals surface area (Å²) in [5.74, 6) is -2.18. The molecule has 43 heavy (non-hydrogen) atoms. The molecule has 0 aliphatic carbocycles. The number of hydrogen-bond donors (Lipinski definition) is 3. The quantitative estimate of drug-likeness (QED) is 0.378. The van der Waals surface area contributed by atoms with Crippen LogP contribution in [0.4, 0.5) is 13.2 Å². The van der Waals surface area contributed by atoms with E-state index >= 15 is 0 Å². The standard InChI is InChI=1S/C23H21F3N2O6.C7H7NO/c24-23(25,26)34-16-7-3-14(4-8-16)21(31)27-17(11-13-1-5-15(29)6-2-13)22(32)28-10-9-19-20(28)18(30)12-33-19;8-7(9)6-4-2-1-3-5-6/h1-8,17,19-20,29H,9-12H2,(H,27,31);1-5H,(H2,8,9). The fourth-order valence-corrected chi connectivity index (χ4v) is 4.76. The average molecular weight is 600 g/mol. The maximum Gasteiger partial charge on any atom is 0.573 e. The van der Waals surface area contributed by atoms with Crippen LogP contribution in [0.2, 0.25) is 0 Å². The van der Waals surface area contributed by atoms with Crippen molar-refractivity contribution >= 4 is 23.5 Å². The van der Waals surface area contributed by atoms with Gasteiger partial charge in [-0.25, -0.2) is 0 Å². The first-order valence-electron chi connectivity index (χ1n) is 13.2. The predicted molar refractivity (Wildman–Crippen MR) is 146 cm³/mol. The van der Waals surface area contributed by atoms with Gasteiger partial charge in [0.05, 0.1) is 6.10 Å². The normalized spacial score (nSPS) is 18.2. The lowest BCUT2D eigenvalue weighted by atomic mass is 10.0. The van der Waals surface area contributed by atoms with Crippen molar-refractivity contribution in [2.45, 2.75) is 37.4 Å². The van der Waals surface area contributed by atoms with Gasteiger partial charge in [-0.1, -0.05) is 30.3 Å². The first-order valence-corrected chi connectivity index (χ1v) is 13.2. The molecule has 3 unspecified atom stereocenters. The number of nitrogens with zero attached hydrogens (tertiary/aromatic N) is 1. The first-order chi connectivity index (χ1) is 20.4. The number of carbonyl (C=O) groups excluding carboxylic acids is 4. The maximum atomic E-state index is 13.4. The van der Waals surface area contributed by atoms with Crippen LogP contribution in [0.3, 0.4) is 0 Å². The number of rotatable bonds is 7. The van der Waals surface area contributed by atoms with Gasteiger partial charge in [-0.15, -0.1) is 13.2 Å². The van der Waals surface area contributed by atoms with E-state index in [1.54, 1.807) is 36.4 Å². The highest BCUT2D eigenvalue weighted by molar-refractivity contribution is 5.99. The second-order valence-corrected chi connectivity index (χ2v) is 9.78. The molecule has 0 aromatic heterocycles. The molecule has 226 valence electrons. The van der Waals surface area contributed by atoms with Crippen LogP contribution in [-0.2, 0) is 20.7 Å². The predicted octanol–water partition coefficient (Wildman–Crippen LogP) is 2.99. The van der Waals surface area contributed by atoms with Gasteiger partial charge in [-0.2, -0.15) is 0 Å². The fourth-order valence-electron chi connectivity index (χ4n) is 4.76. The zero-order valence-corrected chi connectivity index (χ0v) is 22.6. The van der Waals surface area contributed by atoms with Gasteiger partial charge in [0.25, 0.3) is 5.91 Å². The van der Waals surface area contributed by atoms with Crippen molar-refractivity contribution in [3.05, 3.63) is 95.6 Å². The number of ether oxygens (including phenoxy) is 2. The lowest BCUT2D eigenvalue weighted by Crippen LogP contribution is -2.53. The number of likely N-dealkylation sites (tertiary alicyclic amines) is 1. The lowest BCUT2D eigenvalue weighted by Gasteiger charge is -2.27. The summed E-state index contributed by atoms with van der Waals surface area (Å²) < 4.78 is 46.3. The zero-order chi connectivity index (χ0) is 31.1. The van der Waals surface area contributed by atoms with Crippen molar-refractivity contribution < 1.29 is 46.9 Å². The summed E-state index contributed by atoms with van der Waals surface area (Å²) in [5.41, 5.74) is 6.20. The Labute approximate surface area is 244 Å². The molecule has 2 saturated heterocycles. The molecule has 0 bridgehead atoms. The van der Waals surface area contributed by atoms with Gasteiger partial charge >= 0.3 is 6.36 Å². The van der Waals surface area contributed by atoms with E-state index in [0.717, 1.165) is 24.3 Å². The number of fused-ring (bicyclic) bond motifs is 1. The minimum absolute atomic E-state index is 0.0256. The SMILES string of the molecule is NC(=O)c1ccccc1.O=C(NC(Cc1ccc(O)cc1)C(=O)N1CCC2OCC(=O)C21)c1ccc(OC(F)(F)F)cc1. The largest absolute Gasteiger partial charge is 0.573 e. The van der Waals surface area contributed by atoms with Crippen molar-refractivity contribution in [1.29, 1.82) is 0 Å². The Morgan fingerprint density at radius 1 is 1.00 bits per heavy atom. The summed E-state index contributed by atoms with van der Waals surface area (Å²) >= 11 is 0. The Bertz CT molecular complexity index is 1450. The van der Waals surface area contributed by atoms with E-state index in [2.05, 4.69) is 10.1 Å². The molecule has 0 spiro atoms. The summed E-state index contributed by atoms with van der Waals surface area (Å²) in [6.45, 7) is 0.228. The summed E-state index contributed by atoms with van der Waals surface area (Å²) in [5, 5.41) is 12.1. The lowest BCUT2D eigenvalue weighted by molar-refractivity contribution is -0.274. The van der Waals surface area contributed by atoms with Crippen LogP contribution in [0.15, 0.2) is 78.9 Å². The van der Waals surface area contributed by atoms with Crippen molar-refractivity contribution in [2.24, 2.45) is 5.73 Å². The molecule has 3 amide bonds. The molecule has 2 aliphatic heterocycles. The molecule has 2 heterocycles. The molecule has 3 aromatic rings. The Hall–Kier alpha value is -4.91. The summed E-state index contributed by atoms with van der Waals surface area (Å²) in [7, 11) is 0. The van der Waals surface area contributed by atoms with Crippen LogP contribution in [0.25, 0.3) is 0 Å². The monoisotopic (exact) mass is 599 g/mol. The maximum absolute atomic E-state index is 13.4. The van der Waals surface area contributed by atoms with Gasteiger partial charge in [0.2, 0.25) is 11.8 Å². The average Bonchev–Trinajstić information content (AvgIpc) is 3.56. The number of hydrogen-bond acceptors (Lipinski definition) is 7. The Morgan fingerprint density at radius 3 is 2.23 bits per heavy atom. The van der Waals surface area contributed by atoms with Gasteiger partial charge in [0, 0.05) is 24.1 Å². The van der Waals surface area contributed by atoms with Crippen molar-refractivity contribution in [2.75, 3.05) is 13.2 Å². The van der Waals surface area contributed by atoms with E-state index in [1.165, 1.54) is 17.0 Å². The van der Waals surface area contributed by atoms with E-state index in [-0.39, 0.29) is 42.1 Å². The number of nitrogens with two attached hydrogens (primary N) is 1. The van der Waals surface area contributed by atoms with Crippen LogP contribution in [0.5, 0.6) is 11.5 Å². The van der Waals surface area contributed by atoms with Crippen LogP contribution in [0.1, 0.15) is 32.7 Å². The first kappa shape index (κ1) is 31.0. The molecular formula is C30H28F3N3O7. The molecule has 2 fully saturated rings. The van der Waals surface area contributed by atoms with E-state index < -0.39 is 36.0 Å². The third-order valence-corrected chi connectivity index (χ3v) is 6.78. The zero-order valence-electron chi connectivity index (χ0n) is 22.6. The number of carbonyl (C=O) groups is 4. The van der Waals surface area contributed by atoms with Gasteiger partial charge in [0.15, 0.2) is 5.78 Å². The highest BCUT2D eigenvalue weighted by Crippen LogP contribution is 2.28. The molecule has 3 aromatic carbocycles. The topological polar surface area (TPSA) is 148 Å². The van der Waals surface area contributed by atoms with Crippen LogP contribution in [-0.4, -0.2) is 71.2 Å². The van der Waals surface area contributed by atoms with Gasteiger partial charge in [-0.3, -0.25) is 19.2 Å². The second-order valence-electron chi connectivity index (χ2n) is 9.78. The Balaban J connectivity index is 0.000000403. The van der Waals surface area contributed by atoms with E-state index in [0.29, 0.717) is 24.1 Å². The Morgan fingerprint density at radius 2 is 1.65 bits per heavy atom. The smallest absolute Gasteiger partial charge is 0.508 e. The fraction of sp³-hybridized carbons (Fsp3) is 0.267. The summed E-state index contributed by atoms with van der Waals surface area (Å²) in [6.07, 6.45) is -4.66. The number of alkyl halides is 3.